The van der Waals surface area contributed by atoms with Gasteiger partial charge >= 0.3 is 0 Å². The lowest BCUT2D eigenvalue weighted by Crippen LogP contribution is -2.39. The maximum Gasteiger partial charge on any atom is 0.227 e. The third kappa shape index (κ3) is 5.03. The molecule has 0 bridgehead atoms. The van der Waals surface area contributed by atoms with Gasteiger partial charge < -0.3 is 14.8 Å². The predicted octanol–water partition coefficient (Wildman–Crippen LogP) is 3.80. The molecule has 5 nitrogen and oxygen atoms in total. The zero-order valence-electron chi connectivity index (χ0n) is 14.7. The average molecular weight is 340 g/mol. The van der Waals surface area contributed by atoms with Gasteiger partial charge in [-0.25, -0.2) is 4.98 Å². The summed E-state index contributed by atoms with van der Waals surface area (Å²) in [5, 5.41) is 2.94. The lowest BCUT2D eigenvalue weighted by Gasteiger charge is -2.34. The van der Waals surface area contributed by atoms with Crippen LogP contribution < -0.4 is 10.1 Å². The molecule has 5 heteroatoms. The summed E-state index contributed by atoms with van der Waals surface area (Å²) in [5.74, 6) is 0.530. The molecule has 0 spiro atoms. The van der Waals surface area contributed by atoms with Gasteiger partial charge in [-0.05, 0) is 38.3 Å². The van der Waals surface area contributed by atoms with E-state index in [2.05, 4.69) is 10.3 Å². The van der Waals surface area contributed by atoms with E-state index in [0.717, 1.165) is 18.4 Å². The second-order valence-corrected chi connectivity index (χ2v) is 6.95. The van der Waals surface area contributed by atoms with Gasteiger partial charge in [-0.15, -0.1) is 0 Å². The molecule has 0 radical (unpaired) electrons. The SMILES string of the molecule is CC1(C)CC(C(=O)Nc2ccc(OCc3ccccc3)nc2)CCO1. The van der Waals surface area contributed by atoms with Crippen molar-refractivity contribution >= 4 is 11.6 Å². The monoisotopic (exact) mass is 340 g/mol. The van der Waals surface area contributed by atoms with Crippen LogP contribution in [0, 0.1) is 5.92 Å². The lowest BCUT2D eigenvalue weighted by molar-refractivity contribution is -0.130. The van der Waals surface area contributed by atoms with Gasteiger partial charge in [0.05, 0.1) is 17.5 Å². The Bertz CT molecular complexity index is 699. The van der Waals surface area contributed by atoms with Crippen LogP contribution in [0.15, 0.2) is 48.7 Å². The van der Waals surface area contributed by atoms with Crippen LogP contribution in [0.1, 0.15) is 32.3 Å². The van der Waals surface area contributed by atoms with E-state index < -0.39 is 0 Å². The molecule has 0 saturated carbocycles. The highest BCUT2D eigenvalue weighted by atomic mass is 16.5. The van der Waals surface area contributed by atoms with Crippen LogP contribution in [0.25, 0.3) is 0 Å². The number of anilines is 1. The number of carbonyl (C=O) groups is 1. The summed E-state index contributed by atoms with van der Waals surface area (Å²) in [6, 6.07) is 13.5. The van der Waals surface area contributed by atoms with E-state index in [0.29, 0.717) is 24.8 Å². The molecule has 2 aromatic rings. The van der Waals surface area contributed by atoms with Crippen LogP contribution in [-0.2, 0) is 16.1 Å². The standard InChI is InChI=1S/C20H24N2O3/c1-20(2)12-16(10-11-25-20)19(23)22-17-8-9-18(21-13-17)24-14-15-6-4-3-5-7-15/h3-9,13,16H,10-12,14H2,1-2H3,(H,22,23). The first-order valence-electron chi connectivity index (χ1n) is 8.59. The Balaban J connectivity index is 1.53. The molecule has 132 valence electrons. The maximum absolute atomic E-state index is 12.4. The quantitative estimate of drug-likeness (QED) is 0.899. The fourth-order valence-electron chi connectivity index (χ4n) is 2.97. The number of pyridine rings is 1. The Hall–Kier alpha value is -2.40. The Morgan fingerprint density at radius 3 is 2.76 bits per heavy atom. The fraction of sp³-hybridized carbons (Fsp3) is 0.400. The Kier molecular flexibility index (Phi) is 5.34. The second-order valence-electron chi connectivity index (χ2n) is 6.95. The molecule has 1 aliphatic heterocycles. The summed E-state index contributed by atoms with van der Waals surface area (Å²) >= 11 is 0. The summed E-state index contributed by atoms with van der Waals surface area (Å²) in [5.41, 5.74) is 1.53. The van der Waals surface area contributed by atoms with E-state index in [-0.39, 0.29) is 17.4 Å². The summed E-state index contributed by atoms with van der Waals surface area (Å²) in [6.07, 6.45) is 3.11. The van der Waals surface area contributed by atoms with Crippen molar-refractivity contribution in [3.8, 4) is 5.88 Å². The molecule has 25 heavy (non-hydrogen) atoms. The number of hydrogen-bond donors (Lipinski definition) is 1. The van der Waals surface area contributed by atoms with Crippen molar-refractivity contribution in [2.75, 3.05) is 11.9 Å². The molecule has 1 saturated heterocycles. The van der Waals surface area contributed by atoms with Crippen LogP contribution in [-0.4, -0.2) is 23.1 Å². The van der Waals surface area contributed by atoms with Gasteiger partial charge in [-0.3, -0.25) is 4.79 Å². The highest BCUT2D eigenvalue weighted by molar-refractivity contribution is 5.92. The molecule has 1 amide bonds. The molecule has 3 rings (SSSR count). The van der Waals surface area contributed by atoms with E-state index in [1.807, 2.05) is 50.2 Å². The van der Waals surface area contributed by atoms with Crippen LogP contribution in [0.3, 0.4) is 0 Å². The number of rotatable bonds is 5. The van der Waals surface area contributed by atoms with Gasteiger partial charge in [-0.1, -0.05) is 30.3 Å². The number of hydrogen-bond acceptors (Lipinski definition) is 4. The van der Waals surface area contributed by atoms with Crippen molar-refractivity contribution in [2.45, 2.75) is 38.9 Å². The highest BCUT2D eigenvalue weighted by Gasteiger charge is 2.32. The van der Waals surface area contributed by atoms with Gasteiger partial charge in [0, 0.05) is 18.6 Å². The Morgan fingerprint density at radius 1 is 1.28 bits per heavy atom. The van der Waals surface area contributed by atoms with Crippen molar-refractivity contribution in [1.29, 1.82) is 0 Å². The van der Waals surface area contributed by atoms with E-state index >= 15 is 0 Å². The fourth-order valence-corrected chi connectivity index (χ4v) is 2.97. The topological polar surface area (TPSA) is 60.5 Å². The lowest BCUT2D eigenvalue weighted by atomic mass is 9.88. The van der Waals surface area contributed by atoms with Crippen LogP contribution in [0.2, 0.25) is 0 Å². The number of benzene rings is 1. The zero-order chi connectivity index (χ0) is 17.7. The minimum Gasteiger partial charge on any atom is -0.473 e. The van der Waals surface area contributed by atoms with Crippen LogP contribution in [0.4, 0.5) is 5.69 Å². The zero-order valence-corrected chi connectivity index (χ0v) is 14.7. The number of aromatic nitrogens is 1. The summed E-state index contributed by atoms with van der Waals surface area (Å²) in [4.78, 5) is 16.7. The molecule has 2 heterocycles. The molecule has 0 aliphatic carbocycles. The minimum absolute atomic E-state index is 0.0242. The summed E-state index contributed by atoms with van der Waals surface area (Å²) < 4.78 is 11.3. The van der Waals surface area contributed by atoms with Gasteiger partial charge in [0.2, 0.25) is 11.8 Å². The molecule has 1 aliphatic rings. The smallest absolute Gasteiger partial charge is 0.227 e. The van der Waals surface area contributed by atoms with Gasteiger partial charge in [0.1, 0.15) is 6.61 Å². The van der Waals surface area contributed by atoms with E-state index in [1.54, 1.807) is 12.3 Å². The normalized spacial score (nSPS) is 19.2. The minimum atomic E-state index is -0.242. The first-order valence-corrected chi connectivity index (χ1v) is 8.59. The molecule has 1 N–H and O–H groups in total. The summed E-state index contributed by atoms with van der Waals surface area (Å²) in [6.45, 7) is 5.13. The van der Waals surface area contributed by atoms with Gasteiger partial charge in [-0.2, -0.15) is 0 Å². The molecular weight excluding hydrogens is 316 g/mol. The molecule has 1 aromatic heterocycles. The Labute approximate surface area is 148 Å². The van der Waals surface area contributed by atoms with Crippen molar-refractivity contribution in [2.24, 2.45) is 5.92 Å². The number of nitrogens with one attached hydrogen (secondary N) is 1. The maximum atomic E-state index is 12.4. The van der Waals surface area contributed by atoms with E-state index in [1.165, 1.54) is 0 Å². The number of amides is 1. The first-order chi connectivity index (χ1) is 12.0. The largest absolute Gasteiger partial charge is 0.473 e. The number of ether oxygens (including phenoxy) is 2. The number of carbonyl (C=O) groups excluding carboxylic acids is 1. The molecular formula is C20H24N2O3. The third-order valence-electron chi connectivity index (χ3n) is 4.30. The Morgan fingerprint density at radius 2 is 2.08 bits per heavy atom. The highest BCUT2D eigenvalue weighted by Crippen LogP contribution is 2.29. The second kappa shape index (κ2) is 7.66. The van der Waals surface area contributed by atoms with E-state index in [4.69, 9.17) is 9.47 Å². The van der Waals surface area contributed by atoms with Crippen molar-refractivity contribution in [1.82, 2.24) is 4.98 Å². The first kappa shape index (κ1) is 17.4. The average Bonchev–Trinajstić information content (AvgIpc) is 2.61. The predicted molar refractivity (Wildman–Crippen MR) is 96.4 cm³/mol. The van der Waals surface area contributed by atoms with Gasteiger partial charge in [0.15, 0.2) is 0 Å². The third-order valence-corrected chi connectivity index (χ3v) is 4.30. The van der Waals surface area contributed by atoms with Crippen LogP contribution >= 0.6 is 0 Å². The van der Waals surface area contributed by atoms with Crippen LogP contribution in [0.5, 0.6) is 5.88 Å². The van der Waals surface area contributed by atoms with Crippen molar-refractivity contribution < 1.29 is 14.3 Å². The molecule has 1 aromatic carbocycles. The molecule has 1 unspecified atom stereocenters. The summed E-state index contributed by atoms with van der Waals surface area (Å²) in [7, 11) is 0. The van der Waals surface area contributed by atoms with Gasteiger partial charge in [0.25, 0.3) is 0 Å². The van der Waals surface area contributed by atoms with Crippen molar-refractivity contribution in [3.63, 3.8) is 0 Å². The molecule has 1 fully saturated rings. The number of nitrogens with zero attached hydrogens (tertiary/aromatic N) is 1. The van der Waals surface area contributed by atoms with E-state index in [9.17, 15) is 4.79 Å². The van der Waals surface area contributed by atoms with Crippen molar-refractivity contribution in [3.05, 3.63) is 54.2 Å². The molecule has 1 atom stereocenters.